The van der Waals surface area contributed by atoms with Crippen molar-refractivity contribution in [3.05, 3.63) is 57.6 Å². The number of hydrogen-bond donors (Lipinski definition) is 1. The van der Waals surface area contributed by atoms with Crippen LogP contribution in [0.3, 0.4) is 0 Å². The minimum atomic E-state index is 0.664. The smallest absolute Gasteiger partial charge is 0.101 e. The highest BCUT2D eigenvalue weighted by atomic mass is 79.9. The number of nitriles is 1. The van der Waals surface area contributed by atoms with Crippen molar-refractivity contribution in [1.82, 2.24) is 0 Å². The molecule has 2 nitrogen and oxygen atoms in total. The van der Waals surface area contributed by atoms with Crippen molar-refractivity contribution < 1.29 is 0 Å². The number of nitrogens with one attached hydrogen (secondary N) is 1. The van der Waals surface area contributed by atoms with E-state index in [2.05, 4.69) is 27.3 Å². The molecule has 0 heterocycles. The van der Waals surface area contributed by atoms with E-state index in [0.717, 1.165) is 27.0 Å². The molecule has 0 atom stereocenters. The molecule has 0 aliphatic heterocycles. The van der Waals surface area contributed by atoms with E-state index in [1.807, 2.05) is 50.2 Å². The Labute approximate surface area is 115 Å². The minimum absolute atomic E-state index is 0.664. The van der Waals surface area contributed by atoms with E-state index in [0.29, 0.717) is 5.56 Å². The zero-order valence-corrected chi connectivity index (χ0v) is 11.9. The first kappa shape index (κ1) is 12.7. The lowest BCUT2D eigenvalue weighted by atomic mass is 10.1. The van der Waals surface area contributed by atoms with Gasteiger partial charge in [-0.3, -0.25) is 0 Å². The average molecular weight is 301 g/mol. The van der Waals surface area contributed by atoms with Crippen molar-refractivity contribution in [3.8, 4) is 6.07 Å². The van der Waals surface area contributed by atoms with Gasteiger partial charge in [0.05, 0.1) is 11.3 Å². The van der Waals surface area contributed by atoms with Crippen LogP contribution >= 0.6 is 15.9 Å². The van der Waals surface area contributed by atoms with Gasteiger partial charge in [0.25, 0.3) is 0 Å². The quantitative estimate of drug-likeness (QED) is 0.874. The number of nitrogens with zero attached hydrogens (tertiary/aromatic N) is 1. The molecule has 0 amide bonds. The summed E-state index contributed by atoms with van der Waals surface area (Å²) in [5, 5.41) is 12.5. The lowest BCUT2D eigenvalue weighted by molar-refractivity contribution is 1.36. The average Bonchev–Trinajstić information content (AvgIpc) is 2.34. The Morgan fingerprint density at radius 3 is 2.56 bits per heavy atom. The first-order valence-corrected chi connectivity index (χ1v) is 6.44. The molecule has 0 radical (unpaired) electrons. The molecule has 0 fully saturated rings. The Morgan fingerprint density at radius 2 is 1.89 bits per heavy atom. The number of benzene rings is 2. The van der Waals surface area contributed by atoms with Crippen LogP contribution in [0.15, 0.2) is 40.9 Å². The summed E-state index contributed by atoms with van der Waals surface area (Å²) >= 11 is 3.44. The molecule has 0 saturated heterocycles. The number of hydrogen-bond acceptors (Lipinski definition) is 2. The minimum Gasteiger partial charge on any atom is -0.354 e. The second kappa shape index (κ2) is 5.24. The second-order valence-electron chi connectivity index (χ2n) is 4.19. The molecule has 0 saturated carbocycles. The molecular weight excluding hydrogens is 288 g/mol. The van der Waals surface area contributed by atoms with Gasteiger partial charge in [0.2, 0.25) is 0 Å². The summed E-state index contributed by atoms with van der Waals surface area (Å²) in [4.78, 5) is 0. The highest BCUT2D eigenvalue weighted by molar-refractivity contribution is 9.10. The Bertz CT molecular complexity index is 627. The van der Waals surface area contributed by atoms with Crippen LogP contribution in [0.1, 0.15) is 16.7 Å². The molecule has 2 aromatic carbocycles. The molecule has 0 bridgehead atoms. The van der Waals surface area contributed by atoms with Gasteiger partial charge in [0.1, 0.15) is 6.07 Å². The zero-order valence-electron chi connectivity index (χ0n) is 10.3. The summed E-state index contributed by atoms with van der Waals surface area (Å²) in [6, 6.07) is 14.0. The highest BCUT2D eigenvalue weighted by Crippen LogP contribution is 2.27. The summed E-state index contributed by atoms with van der Waals surface area (Å²) in [6.45, 7) is 4.04. The molecule has 90 valence electrons. The fraction of sp³-hybridized carbons (Fsp3) is 0.133. The van der Waals surface area contributed by atoms with Gasteiger partial charge in [0, 0.05) is 10.2 Å². The number of halogens is 1. The summed E-state index contributed by atoms with van der Waals surface area (Å²) < 4.78 is 1.05. The molecule has 0 aliphatic rings. The van der Waals surface area contributed by atoms with E-state index >= 15 is 0 Å². The van der Waals surface area contributed by atoms with Gasteiger partial charge in [0.15, 0.2) is 0 Å². The molecule has 0 aromatic heterocycles. The number of rotatable bonds is 2. The number of para-hydroxylation sites is 1. The van der Waals surface area contributed by atoms with Gasteiger partial charge < -0.3 is 5.32 Å². The van der Waals surface area contributed by atoms with Gasteiger partial charge in [-0.15, -0.1) is 0 Å². The fourth-order valence-electron chi connectivity index (χ4n) is 1.83. The third-order valence-electron chi connectivity index (χ3n) is 2.84. The Kier molecular flexibility index (Phi) is 3.69. The van der Waals surface area contributed by atoms with E-state index in [1.54, 1.807) is 0 Å². The molecule has 2 rings (SSSR count). The molecule has 0 spiro atoms. The monoisotopic (exact) mass is 300 g/mol. The third-order valence-corrected chi connectivity index (χ3v) is 3.33. The van der Waals surface area contributed by atoms with Crippen LogP contribution in [0, 0.1) is 25.2 Å². The molecule has 3 heteroatoms. The maximum Gasteiger partial charge on any atom is 0.101 e. The predicted molar refractivity (Wildman–Crippen MR) is 78.1 cm³/mol. The number of anilines is 2. The van der Waals surface area contributed by atoms with E-state index in [1.165, 1.54) is 0 Å². The Balaban J connectivity index is 2.43. The van der Waals surface area contributed by atoms with Gasteiger partial charge in [-0.25, -0.2) is 0 Å². The summed E-state index contributed by atoms with van der Waals surface area (Å²) in [5.41, 5.74) is 4.76. The Hall–Kier alpha value is -1.79. The molecule has 18 heavy (non-hydrogen) atoms. The third kappa shape index (κ3) is 2.55. The molecule has 0 unspecified atom stereocenters. The van der Waals surface area contributed by atoms with Crippen molar-refractivity contribution in [3.63, 3.8) is 0 Å². The maximum atomic E-state index is 9.14. The first-order valence-electron chi connectivity index (χ1n) is 5.64. The molecule has 1 N–H and O–H groups in total. The first-order chi connectivity index (χ1) is 8.61. The van der Waals surface area contributed by atoms with Crippen LogP contribution in [-0.2, 0) is 0 Å². The summed E-state index contributed by atoms with van der Waals surface area (Å²) in [6.07, 6.45) is 0. The summed E-state index contributed by atoms with van der Waals surface area (Å²) in [7, 11) is 0. The largest absolute Gasteiger partial charge is 0.354 e. The second-order valence-corrected chi connectivity index (χ2v) is 5.11. The predicted octanol–water partition coefficient (Wildman–Crippen LogP) is 4.68. The van der Waals surface area contributed by atoms with E-state index in [-0.39, 0.29) is 0 Å². The SMILES string of the molecule is Cc1cc(Br)ccc1Nc1c(C)cccc1C#N. The van der Waals surface area contributed by atoms with Crippen molar-refractivity contribution in [2.75, 3.05) is 5.32 Å². The maximum absolute atomic E-state index is 9.14. The Morgan fingerprint density at radius 1 is 1.11 bits per heavy atom. The van der Waals surface area contributed by atoms with E-state index < -0.39 is 0 Å². The van der Waals surface area contributed by atoms with Gasteiger partial charge in [-0.1, -0.05) is 28.1 Å². The van der Waals surface area contributed by atoms with Crippen LogP contribution in [-0.4, -0.2) is 0 Å². The summed E-state index contributed by atoms with van der Waals surface area (Å²) in [5.74, 6) is 0. The van der Waals surface area contributed by atoms with E-state index in [9.17, 15) is 0 Å². The van der Waals surface area contributed by atoms with Crippen molar-refractivity contribution in [2.24, 2.45) is 0 Å². The lowest BCUT2D eigenvalue weighted by Crippen LogP contribution is -1.98. The van der Waals surface area contributed by atoms with Crippen LogP contribution in [0.5, 0.6) is 0 Å². The van der Waals surface area contributed by atoms with Crippen molar-refractivity contribution in [1.29, 1.82) is 5.26 Å². The topological polar surface area (TPSA) is 35.8 Å². The molecule has 2 aromatic rings. The van der Waals surface area contributed by atoms with Crippen LogP contribution in [0.4, 0.5) is 11.4 Å². The zero-order chi connectivity index (χ0) is 13.1. The molecular formula is C15H13BrN2. The van der Waals surface area contributed by atoms with Crippen LogP contribution < -0.4 is 5.32 Å². The molecule has 0 aliphatic carbocycles. The van der Waals surface area contributed by atoms with Gasteiger partial charge in [-0.2, -0.15) is 5.26 Å². The van der Waals surface area contributed by atoms with E-state index in [4.69, 9.17) is 5.26 Å². The van der Waals surface area contributed by atoms with Crippen molar-refractivity contribution >= 4 is 27.3 Å². The number of aryl methyl sites for hydroxylation is 2. The standard InChI is InChI=1S/C15H13BrN2/c1-10-4-3-5-12(9-17)15(10)18-14-7-6-13(16)8-11(14)2/h3-8,18H,1-2H3. The van der Waals surface area contributed by atoms with Crippen molar-refractivity contribution in [2.45, 2.75) is 13.8 Å². The van der Waals surface area contributed by atoms with Gasteiger partial charge in [-0.05, 0) is 49.2 Å². The van der Waals surface area contributed by atoms with Gasteiger partial charge >= 0.3 is 0 Å². The lowest BCUT2D eigenvalue weighted by Gasteiger charge is -2.13. The normalized spacial score (nSPS) is 9.89. The highest BCUT2D eigenvalue weighted by Gasteiger charge is 2.07. The fourth-order valence-corrected chi connectivity index (χ4v) is 2.30. The van der Waals surface area contributed by atoms with Crippen LogP contribution in [0.2, 0.25) is 0 Å². The van der Waals surface area contributed by atoms with Crippen LogP contribution in [0.25, 0.3) is 0 Å².